The van der Waals surface area contributed by atoms with Crippen molar-refractivity contribution in [3.63, 3.8) is 0 Å². The van der Waals surface area contributed by atoms with Crippen LogP contribution in [0.15, 0.2) is 0 Å². The van der Waals surface area contributed by atoms with Crippen molar-refractivity contribution in [3.8, 4) is 0 Å². The Bertz CT molecular complexity index is 212. The Labute approximate surface area is 97.4 Å². The highest BCUT2D eigenvalue weighted by Crippen LogP contribution is 2.21. The molecule has 0 aromatic rings. The first-order valence-corrected chi connectivity index (χ1v) is 6.19. The van der Waals surface area contributed by atoms with Crippen molar-refractivity contribution in [1.82, 2.24) is 5.32 Å². The molecule has 0 radical (unpaired) electrons. The van der Waals surface area contributed by atoms with E-state index in [9.17, 15) is 4.79 Å². The van der Waals surface area contributed by atoms with Gasteiger partial charge in [-0.3, -0.25) is 4.79 Å². The van der Waals surface area contributed by atoms with Crippen molar-refractivity contribution < 1.29 is 14.6 Å². The normalized spacial score (nSPS) is 27.6. The van der Waals surface area contributed by atoms with Gasteiger partial charge >= 0.3 is 5.97 Å². The summed E-state index contributed by atoms with van der Waals surface area (Å²) in [5.74, 6) is -0.726. The highest BCUT2D eigenvalue weighted by Gasteiger charge is 2.25. The zero-order valence-corrected chi connectivity index (χ0v) is 10.2. The Balaban J connectivity index is 2.33. The van der Waals surface area contributed by atoms with Gasteiger partial charge in [-0.1, -0.05) is 13.3 Å². The fraction of sp³-hybridized carbons (Fsp3) is 0.917. The van der Waals surface area contributed by atoms with E-state index in [-0.39, 0.29) is 6.04 Å². The monoisotopic (exact) mass is 229 g/mol. The van der Waals surface area contributed by atoms with Gasteiger partial charge in [0.15, 0.2) is 0 Å². The second-order valence-electron chi connectivity index (χ2n) is 4.56. The molecule has 16 heavy (non-hydrogen) atoms. The zero-order chi connectivity index (χ0) is 12.0. The second kappa shape index (κ2) is 6.86. The minimum Gasteiger partial charge on any atom is -0.480 e. The predicted molar refractivity (Wildman–Crippen MR) is 62.5 cm³/mol. The van der Waals surface area contributed by atoms with Crippen LogP contribution >= 0.6 is 0 Å². The predicted octanol–water partition coefficient (Wildman–Crippen LogP) is 1.79. The summed E-state index contributed by atoms with van der Waals surface area (Å²) in [5, 5.41) is 12.3. The number of carboxylic acid groups (broad SMARTS) is 1. The summed E-state index contributed by atoms with van der Waals surface area (Å²) in [6, 6.07) is -0.0341. The lowest BCUT2D eigenvalue weighted by Gasteiger charge is -2.30. The van der Waals surface area contributed by atoms with Crippen LogP contribution in [0.25, 0.3) is 0 Å². The summed E-state index contributed by atoms with van der Waals surface area (Å²) in [5.41, 5.74) is 0. The topological polar surface area (TPSA) is 58.6 Å². The molecule has 0 bridgehead atoms. The van der Waals surface area contributed by atoms with E-state index in [1.54, 1.807) is 7.11 Å². The molecular formula is C12H23NO3. The number of ether oxygens (including phenoxy) is 1. The van der Waals surface area contributed by atoms with Gasteiger partial charge in [-0.15, -0.1) is 0 Å². The maximum absolute atomic E-state index is 11.0. The van der Waals surface area contributed by atoms with Gasteiger partial charge in [0, 0.05) is 13.2 Å². The van der Waals surface area contributed by atoms with E-state index in [1.807, 2.05) is 6.92 Å². The lowest BCUT2D eigenvalue weighted by atomic mass is 9.92. The van der Waals surface area contributed by atoms with E-state index in [4.69, 9.17) is 9.84 Å². The molecule has 4 nitrogen and oxygen atoms in total. The molecule has 1 aliphatic carbocycles. The van der Waals surface area contributed by atoms with Crippen LogP contribution in [0.3, 0.4) is 0 Å². The van der Waals surface area contributed by atoms with Crippen LogP contribution in [0.4, 0.5) is 0 Å². The van der Waals surface area contributed by atoms with Crippen molar-refractivity contribution in [2.45, 2.75) is 63.6 Å². The fourth-order valence-electron chi connectivity index (χ4n) is 2.32. The van der Waals surface area contributed by atoms with Gasteiger partial charge in [0.05, 0.1) is 6.10 Å². The summed E-state index contributed by atoms with van der Waals surface area (Å²) in [6.45, 7) is 2.01. The molecule has 0 amide bonds. The van der Waals surface area contributed by atoms with Gasteiger partial charge in [-0.05, 0) is 32.1 Å². The maximum Gasteiger partial charge on any atom is 0.320 e. The second-order valence-corrected chi connectivity index (χ2v) is 4.56. The van der Waals surface area contributed by atoms with E-state index in [1.165, 1.54) is 0 Å². The zero-order valence-electron chi connectivity index (χ0n) is 10.2. The molecular weight excluding hydrogens is 206 g/mol. The molecule has 0 heterocycles. The van der Waals surface area contributed by atoms with Gasteiger partial charge in [-0.2, -0.15) is 0 Å². The third-order valence-corrected chi connectivity index (χ3v) is 3.32. The highest BCUT2D eigenvalue weighted by molar-refractivity contribution is 5.73. The van der Waals surface area contributed by atoms with E-state index < -0.39 is 5.97 Å². The molecule has 1 unspecified atom stereocenters. The summed E-state index contributed by atoms with van der Waals surface area (Å²) in [6.07, 6.45) is 6.08. The molecule has 2 N–H and O–H groups in total. The van der Waals surface area contributed by atoms with Crippen LogP contribution in [-0.2, 0) is 9.53 Å². The Morgan fingerprint density at radius 1 is 1.44 bits per heavy atom. The fourth-order valence-corrected chi connectivity index (χ4v) is 2.32. The van der Waals surface area contributed by atoms with Crippen LogP contribution < -0.4 is 5.32 Å². The molecule has 4 heteroatoms. The van der Waals surface area contributed by atoms with Gasteiger partial charge < -0.3 is 15.2 Å². The number of carbonyl (C=O) groups is 1. The molecule has 0 aromatic carbocycles. The van der Waals surface area contributed by atoms with Crippen molar-refractivity contribution in [1.29, 1.82) is 0 Å². The molecule has 1 fully saturated rings. The van der Waals surface area contributed by atoms with Crippen molar-refractivity contribution in [2.75, 3.05) is 7.11 Å². The molecule has 94 valence electrons. The molecule has 0 saturated heterocycles. The number of hydrogen-bond acceptors (Lipinski definition) is 3. The number of hydrogen-bond donors (Lipinski definition) is 2. The minimum atomic E-state index is -0.726. The quantitative estimate of drug-likeness (QED) is 0.729. The third-order valence-electron chi connectivity index (χ3n) is 3.32. The van der Waals surface area contributed by atoms with Crippen molar-refractivity contribution in [3.05, 3.63) is 0 Å². The maximum atomic E-state index is 11.0. The molecule has 1 aliphatic rings. The summed E-state index contributed by atoms with van der Waals surface area (Å²) < 4.78 is 5.30. The SMILES string of the molecule is CCCC(NC1CCC(OC)CC1)C(=O)O. The van der Waals surface area contributed by atoms with E-state index in [0.29, 0.717) is 18.6 Å². The molecule has 0 aliphatic heterocycles. The van der Waals surface area contributed by atoms with E-state index in [0.717, 1.165) is 32.1 Å². The number of carboxylic acids is 1. The van der Waals surface area contributed by atoms with Gasteiger partial charge in [0.25, 0.3) is 0 Å². The molecule has 1 rings (SSSR count). The lowest BCUT2D eigenvalue weighted by Crippen LogP contribution is -2.45. The Kier molecular flexibility index (Phi) is 5.77. The number of nitrogens with one attached hydrogen (secondary N) is 1. The van der Waals surface area contributed by atoms with Crippen LogP contribution in [0.1, 0.15) is 45.4 Å². The molecule has 1 saturated carbocycles. The minimum absolute atomic E-state index is 0.346. The van der Waals surface area contributed by atoms with Crippen LogP contribution in [-0.4, -0.2) is 36.4 Å². The van der Waals surface area contributed by atoms with Gasteiger partial charge in [0.1, 0.15) is 6.04 Å². The lowest BCUT2D eigenvalue weighted by molar-refractivity contribution is -0.140. The smallest absolute Gasteiger partial charge is 0.320 e. The first-order chi connectivity index (χ1) is 7.67. The number of methoxy groups -OCH3 is 1. The van der Waals surface area contributed by atoms with Crippen LogP contribution in [0, 0.1) is 0 Å². The molecule has 0 spiro atoms. The average molecular weight is 229 g/mol. The average Bonchev–Trinajstić information content (AvgIpc) is 2.29. The summed E-state index contributed by atoms with van der Waals surface area (Å²) >= 11 is 0. The van der Waals surface area contributed by atoms with Crippen LogP contribution in [0.5, 0.6) is 0 Å². The Morgan fingerprint density at radius 2 is 2.06 bits per heavy atom. The molecule has 1 atom stereocenters. The third kappa shape index (κ3) is 4.10. The molecule has 0 aromatic heterocycles. The van der Waals surface area contributed by atoms with Gasteiger partial charge in [-0.25, -0.2) is 0 Å². The van der Waals surface area contributed by atoms with Crippen molar-refractivity contribution in [2.24, 2.45) is 0 Å². The van der Waals surface area contributed by atoms with E-state index >= 15 is 0 Å². The first-order valence-electron chi connectivity index (χ1n) is 6.19. The standard InChI is InChI=1S/C12H23NO3/c1-3-4-11(12(14)15)13-9-5-7-10(16-2)8-6-9/h9-11,13H,3-8H2,1-2H3,(H,14,15). The Morgan fingerprint density at radius 3 is 2.50 bits per heavy atom. The number of aliphatic carboxylic acids is 1. The van der Waals surface area contributed by atoms with Crippen LogP contribution in [0.2, 0.25) is 0 Å². The van der Waals surface area contributed by atoms with Crippen molar-refractivity contribution >= 4 is 5.97 Å². The van der Waals surface area contributed by atoms with E-state index in [2.05, 4.69) is 5.32 Å². The summed E-state index contributed by atoms with van der Waals surface area (Å²) in [7, 11) is 1.75. The summed E-state index contributed by atoms with van der Waals surface area (Å²) in [4.78, 5) is 11.0. The number of rotatable bonds is 6. The van der Waals surface area contributed by atoms with Gasteiger partial charge in [0.2, 0.25) is 0 Å². The first kappa shape index (κ1) is 13.5. The highest BCUT2D eigenvalue weighted by atomic mass is 16.5. The Hall–Kier alpha value is -0.610. The largest absolute Gasteiger partial charge is 0.480 e.